The molecule has 0 bridgehead atoms. The number of carbonyl (C=O) groups is 1. The Morgan fingerprint density at radius 3 is 2.13 bits per heavy atom. The third-order valence-electron chi connectivity index (χ3n) is 1.46. The maximum absolute atomic E-state index is 11.8. The van der Waals surface area contributed by atoms with Gasteiger partial charge >= 0.3 is 58.4 Å². The van der Waals surface area contributed by atoms with E-state index in [1.165, 1.54) is 24.3 Å². The Labute approximate surface area is 128 Å². The summed E-state index contributed by atoms with van der Waals surface area (Å²) >= 11 is 0. The molecule has 0 spiro atoms. The zero-order valence-corrected chi connectivity index (χ0v) is 11.2. The molecule has 0 fully saturated rings. The van der Waals surface area contributed by atoms with Gasteiger partial charge in [-0.05, 0) is 24.3 Å². The van der Waals surface area contributed by atoms with Crippen molar-refractivity contribution >= 4 is 13.3 Å². The van der Waals surface area contributed by atoms with E-state index in [4.69, 9.17) is 0 Å². The van der Waals surface area contributed by atoms with Gasteiger partial charge in [-0.1, -0.05) is 0 Å². The van der Waals surface area contributed by atoms with Gasteiger partial charge in [0.15, 0.2) is 0 Å². The minimum absolute atomic E-state index is 0. The predicted molar refractivity (Wildman–Crippen MR) is 46.4 cm³/mol. The van der Waals surface area contributed by atoms with Crippen LogP contribution in [0.25, 0.3) is 0 Å². The van der Waals surface area contributed by atoms with Gasteiger partial charge in [-0.3, -0.25) is 4.79 Å². The molecule has 1 rings (SSSR count). The topological polar surface area (TPSA) is 26.3 Å². The molecule has 0 heterocycles. The van der Waals surface area contributed by atoms with Crippen LogP contribution in [0.3, 0.4) is 0 Å². The Balaban J connectivity index is 0.00000196. The van der Waals surface area contributed by atoms with E-state index in [-0.39, 0.29) is 57.1 Å². The van der Waals surface area contributed by atoms with Crippen molar-refractivity contribution in [1.82, 2.24) is 0 Å². The van der Waals surface area contributed by atoms with Gasteiger partial charge in [0, 0.05) is 5.56 Å². The summed E-state index contributed by atoms with van der Waals surface area (Å²) in [5.41, 5.74) is 0.398. The normalized spacial score (nSPS) is 10.3. The Hall–Kier alpha value is 0.181. The molecule has 15 heavy (non-hydrogen) atoms. The summed E-state index contributed by atoms with van der Waals surface area (Å²) in [4.78, 5) is 10.2. The zero-order chi connectivity index (χ0) is 10.6. The molecule has 1 aromatic rings. The van der Waals surface area contributed by atoms with E-state index in [9.17, 15) is 17.7 Å². The van der Waals surface area contributed by atoms with Crippen molar-refractivity contribution in [2.45, 2.75) is 0 Å². The van der Waals surface area contributed by atoms with Crippen LogP contribution in [0.2, 0.25) is 0 Å². The van der Waals surface area contributed by atoms with E-state index in [1.807, 2.05) is 0 Å². The molecule has 0 saturated heterocycles. The number of hydrogen-bond acceptors (Lipinski definition) is 2. The molecular formula is C8H7BF3KO2. The molecule has 2 nitrogen and oxygen atoms in total. The monoisotopic (exact) mass is 242 g/mol. The smallest absolute Gasteiger partial charge is 0.522 e. The summed E-state index contributed by atoms with van der Waals surface area (Å²) < 4.78 is 39.8. The summed E-state index contributed by atoms with van der Waals surface area (Å²) in [5, 5.41) is 0. The third-order valence-corrected chi connectivity index (χ3v) is 1.46. The summed E-state index contributed by atoms with van der Waals surface area (Å²) in [6.07, 6.45) is 0.609. The van der Waals surface area contributed by atoms with Crippen LogP contribution in [0.5, 0.6) is 5.75 Å². The zero-order valence-electron chi connectivity index (χ0n) is 8.12. The first kappa shape index (κ1) is 15.2. The second-order valence-corrected chi connectivity index (χ2v) is 2.71. The molecule has 0 unspecified atom stereocenters. The van der Waals surface area contributed by atoms with Gasteiger partial charge in [0.05, 0.1) is 6.51 Å². The summed E-state index contributed by atoms with van der Waals surface area (Å²) in [6.45, 7) is -6.20. The molecule has 7 heteroatoms. The molecule has 0 atom stereocenters. The number of ether oxygens (including phenoxy) is 1. The average Bonchev–Trinajstić information content (AvgIpc) is 2.14. The molecule has 0 amide bonds. The van der Waals surface area contributed by atoms with E-state index in [2.05, 4.69) is 4.74 Å². The van der Waals surface area contributed by atoms with Gasteiger partial charge in [0.1, 0.15) is 12.0 Å². The van der Waals surface area contributed by atoms with E-state index < -0.39 is 13.5 Å². The summed E-state index contributed by atoms with van der Waals surface area (Å²) in [6, 6.07) is 5.44. The maximum Gasteiger partial charge on any atom is 1.00 e. The molecule has 0 aliphatic heterocycles. The second kappa shape index (κ2) is 6.70. The fourth-order valence-electron chi connectivity index (χ4n) is 0.833. The average molecular weight is 242 g/mol. The van der Waals surface area contributed by atoms with Crippen LogP contribution in [0.1, 0.15) is 10.4 Å². The molecule has 0 aromatic heterocycles. The first-order valence-corrected chi connectivity index (χ1v) is 3.90. The quantitative estimate of drug-likeness (QED) is 0.514. The molecule has 0 radical (unpaired) electrons. The number of carbonyl (C=O) groups excluding carboxylic acids is 1. The first-order chi connectivity index (χ1) is 6.51. The number of hydrogen-bond donors (Lipinski definition) is 0. The summed E-state index contributed by atoms with van der Waals surface area (Å²) in [5.74, 6) is 0.106. The standard InChI is InChI=1S/C8H7BF3O2.K/c10-9(11,12)6-14-8-3-1-7(5-13)2-4-8;/h1-5H,6H2;/q-1;+1. The van der Waals surface area contributed by atoms with Gasteiger partial charge in [0.2, 0.25) is 0 Å². The Kier molecular flexibility index (Phi) is 6.78. The number of halogens is 3. The van der Waals surface area contributed by atoms with Gasteiger partial charge < -0.3 is 17.7 Å². The van der Waals surface area contributed by atoms with E-state index in [1.54, 1.807) is 0 Å². The van der Waals surface area contributed by atoms with Gasteiger partial charge in [-0.25, -0.2) is 0 Å². The SMILES string of the molecule is O=Cc1ccc(OC[B-](F)(F)F)cc1.[K+]. The first-order valence-electron chi connectivity index (χ1n) is 3.90. The number of aldehydes is 1. The van der Waals surface area contributed by atoms with Crippen LogP contribution in [-0.2, 0) is 0 Å². The van der Waals surface area contributed by atoms with Crippen molar-refractivity contribution in [3.8, 4) is 5.75 Å². The van der Waals surface area contributed by atoms with Gasteiger partial charge in [-0.2, -0.15) is 0 Å². The van der Waals surface area contributed by atoms with Crippen molar-refractivity contribution in [3.05, 3.63) is 29.8 Å². The molecule has 0 aliphatic rings. The molecule has 76 valence electrons. The third kappa shape index (κ3) is 6.37. The Morgan fingerprint density at radius 2 is 1.73 bits per heavy atom. The minimum atomic E-state index is -4.93. The number of benzene rings is 1. The van der Waals surface area contributed by atoms with Crippen LogP contribution < -0.4 is 56.1 Å². The Bertz CT molecular complexity index is 313. The van der Waals surface area contributed by atoms with Crippen molar-refractivity contribution < 1.29 is 73.9 Å². The van der Waals surface area contributed by atoms with E-state index in [0.29, 0.717) is 11.8 Å². The Morgan fingerprint density at radius 1 is 1.20 bits per heavy atom. The van der Waals surface area contributed by atoms with Crippen LogP contribution in [0.15, 0.2) is 24.3 Å². The molecule has 0 N–H and O–H groups in total. The van der Waals surface area contributed by atoms with Crippen LogP contribution in [0.4, 0.5) is 12.9 Å². The predicted octanol–water partition coefficient (Wildman–Crippen LogP) is -0.732. The van der Waals surface area contributed by atoms with Gasteiger partial charge in [0.25, 0.3) is 0 Å². The number of rotatable bonds is 4. The van der Waals surface area contributed by atoms with Crippen LogP contribution in [0, 0.1) is 0 Å². The van der Waals surface area contributed by atoms with Crippen molar-refractivity contribution in [2.75, 3.05) is 6.51 Å². The van der Waals surface area contributed by atoms with Crippen molar-refractivity contribution in [3.63, 3.8) is 0 Å². The molecule has 0 aliphatic carbocycles. The summed E-state index contributed by atoms with van der Waals surface area (Å²) in [7, 11) is 0. The van der Waals surface area contributed by atoms with Crippen molar-refractivity contribution in [2.24, 2.45) is 0 Å². The largest absolute Gasteiger partial charge is 1.00 e. The molecule has 1 aromatic carbocycles. The van der Waals surface area contributed by atoms with Gasteiger partial charge in [-0.15, -0.1) is 0 Å². The van der Waals surface area contributed by atoms with E-state index in [0.717, 1.165) is 0 Å². The molecular weight excluding hydrogens is 235 g/mol. The minimum Gasteiger partial charge on any atom is -0.522 e. The van der Waals surface area contributed by atoms with Crippen molar-refractivity contribution in [1.29, 1.82) is 0 Å². The fourth-order valence-corrected chi connectivity index (χ4v) is 0.833. The fraction of sp³-hybridized carbons (Fsp3) is 0.125. The van der Waals surface area contributed by atoms with Crippen LogP contribution in [-0.4, -0.2) is 19.8 Å². The van der Waals surface area contributed by atoms with E-state index >= 15 is 0 Å². The maximum atomic E-state index is 11.8. The van der Waals surface area contributed by atoms with Crippen LogP contribution >= 0.6 is 0 Å². The molecule has 0 saturated carbocycles. The second-order valence-electron chi connectivity index (χ2n) is 2.71.